The number of rotatable bonds is 3. The first-order chi connectivity index (χ1) is 11.5. The van der Waals surface area contributed by atoms with Gasteiger partial charge in [-0.2, -0.15) is 0 Å². The number of nitrogens with one attached hydrogen (secondary N) is 1. The molecule has 120 valence electrons. The first kappa shape index (κ1) is 15.2. The van der Waals surface area contributed by atoms with Gasteiger partial charge in [0.25, 0.3) is 11.6 Å². The lowest BCUT2D eigenvalue weighted by molar-refractivity contribution is -0.384. The minimum atomic E-state index is -0.482. The van der Waals surface area contributed by atoms with Gasteiger partial charge in [0.2, 0.25) is 5.55 Å². The zero-order valence-electron chi connectivity index (χ0n) is 12.3. The molecule has 0 radical (unpaired) electrons. The smallest absolute Gasteiger partial charge is 0.271 e. The van der Waals surface area contributed by atoms with E-state index in [0.717, 1.165) is 0 Å². The normalized spacial score (nSPS) is 11.4. The average molecular weight is 324 g/mol. The number of carbonyl (C=O) groups is 1. The van der Waals surface area contributed by atoms with Gasteiger partial charge in [0, 0.05) is 34.8 Å². The Morgan fingerprint density at radius 3 is 2.58 bits per heavy atom. The topological polar surface area (TPSA) is 124 Å². The van der Waals surface area contributed by atoms with Gasteiger partial charge in [-0.05, 0) is 36.4 Å². The van der Waals surface area contributed by atoms with E-state index in [9.17, 15) is 14.9 Å². The Balaban J connectivity index is 1.84. The lowest BCUT2D eigenvalue weighted by Crippen LogP contribution is -2.20. The van der Waals surface area contributed by atoms with Gasteiger partial charge in [-0.3, -0.25) is 14.9 Å². The van der Waals surface area contributed by atoms with E-state index in [4.69, 9.17) is 10.2 Å². The van der Waals surface area contributed by atoms with Gasteiger partial charge in [0.05, 0.1) is 4.92 Å². The number of amides is 1. The van der Waals surface area contributed by atoms with E-state index in [1.807, 2.05) is 0 Å². The number of anilines is 1. The predicted octanol–water partition coefficient (Wildman–Crippen LogP) is 2.17. The zero-order valence-corrected chi connectivity index (χ0v) is 12.3. The van der Waals surface area contributed by atoms with Gasteiger partial charge in [-0.25, -0.2) is 5.43 Å². The summed E-state index contributed by atoms with van der Waals surface area (Å²) in [4.78, 5) is 22.2. The molecule has 0 aliphatic rings. The van der Waals surface area contributed by atoms with Crippen LogP contribution in [0.1, 0.15) is 10.4 Å². The number of hydrogen-bond donors (Lipinski definition) is 2. The van der Waals surface area contributed by atoms with E-state index in [-0.39, 0.29) is 11.2 Å². The Hall–Kier alpha value is -3.68. The highest BCUT2D eigenvalue weighted by atomic mass is 16.6. The van der Waals surface area contributed by atoms with Crippen molar-refractivity contribution in [1.82, 2.24) is 5.43 Å². The molecule has 0 bridgehead atoms. The van der Waals surface area contributed by atoms with Crippen LogP contribution in [0.15, 0.2) is 64.1 Å². The Bertz CT molecular complexity index is 993. The molecule has 8 nitrogen and oxygen atoms in total. The van der Waals surface area contributed by atoms with Crippen LogP contribution in [0, 0.1) is 10.1 Å². The van der Waals surface area contributed by atoms with Crippen molar-refractivity contribution in [1.29, 1.82) is 0 Å². The van der Waals surface area contributed by atoms with Crippen molar-refractivity contribution >= 4 is 28.3 Å². The Morgan fingerprint density at radius 1 is 1.12 bits per heavy atom. The van der Waals surface area contributed by atoms with E-state index in [1.54, 1.807) is 30.3 Å². The van der Waals surface area contributed by atoms with Crippen LogP contribution < -0.4 is 16.7 Å². The molecular formula is C16H12N4O4. The fourth-order valence-corrected chi connectivity index (χ4v) is 2.05. The zero-order chi connectivity index (χ0) is 17.1. The van der Waals surface area contributed by atoms with Crippen LogP contribution in [0.25, 0.3) is 11.0 Å². The quantitative estimate of drug-likeness (QED) is 0.434. The molecule has 3 rings (SSSR count). The van der Waals surface area contributed by atoms with E-state index in [0.29, 0.717) is 22.2 Å². The highest BCUT2D eigenvalue weighted by Gasteiger charge is 2.07. The third-order valence-corrected chi connectivity index (χ3v) is 3.26. The molecule has 0 atom stereocenters. The number of nitrogens with zero attached hydrogens (tertiary/aromatic N) is 2. The summed E-state index contributed by atoms with van der Waals surface area (Å²) in [6.45, 7) is 0. The summed E-state index contributed by atoms with van der Waals surface area (Å²) in [5, 5.41) is 15.2. The van der Waals surface area contributed by atoms with Crippen LogP contribution in [0.4, 0.5) is 11.4 Å². The van der Waals surface area contributed by atoms with Crippen LogP contribution in [0.2, 0.25) is 0 Å². The predicted molar refractivity (Wildman–Crippen MR) is 86.8 cm³/mol. The minimum absolute atomic E-state index is 0.0287. The molecule has 0 saturated carbocycles. The van der Waals surface area contributed by atoms with E-state index in [1.165, 1.54) is 24.3 Å². The summed E-state index contributed by atoms with van der Waals surface area (Å²) in [5.74, 6) is -0.408. The lowest BCUT2D eigenvalue weighted by atomic mass is 10.2. The van der Waals surface area contributed by atoms with Crippen molar-refractivity contribution in [3.63, 3.8) is 0 Å². The Labute approximate surface area is 135 Å². The number of non-ortho nitro benzene ring substituents is 1. The van der Waals surface area contributed by atoms with Crippen LogP contribution in [0.5, 0.6) is 0 Å². The SMILES string of the molecule is Nc1ccc(C(=O)N/N=c2/ccc3cc([N+](=O)[O-])ccc3o2)cc1. The van der Waals surface area contributed by atoms with Gasteiger partial charge in [-0.1, -0.05) is 0 Å². The molecule has 1 heterocycles. The molecule has 8 heteroatoms. The van der Waals surface area contributed by atoms with Crippen LogP contribution in [-0.4, -0.2) is 10.8 Å². The van der Waals surface area contributed by atoms with Gasteiger partial charge in [-0.15, -0.1) is 5.10 Å². The maximum absolute atomic E-state index is 12.0. The number of fused-ring (bicyclic) bond motifs is 1. The van der Waals surface area contributed by atoms with Crippen molar-refractivity contribution in [2.75, 3.05) is 5.73 Å². The molecule has 3 aromatic rings. The molecule has 0 fully saturated rings. The van der Waals surface area contributed by atoms with Crippen LogP contribution >= 0.6 is 0 Å². The number of nitrogen functional groups attached to an aromatic ring is 1. The second-order valence-electron chi connectivity index (χ2n) is 4.93. The Morgan fingerprint density at radius 2 is 1.88 bits per heavy atom. The summed E-state index contributed by atoms with van der Waals surface area (Å²) in [5.41, 5.74) is 9.46. The standard InChI is InChI=1S/C16H12N4O4/c17-12-4-1-10(2-5-12)16(21)19-18-15-8-3-11-9-13(20(22)23)6-7-14(11)24-15/h1-9H,17H2,(H,19,21)/b18-15-. The second-order valence-corrected chi connectivity index (χ2v) is 4.93. The Kier molecular flexibility index (Phi) is 3.94. The van der Waals surface area contributed by atoms with Crippen molar-refractivity contribution in [3.8, 4) is 0 Å². The van der Waals surface area contributed by atoms with E-state index in [2.05, 4.69) is 10.5 Å². The molecule has 2 aromatic carbocycles. The lowest BCUT2D eigenvalue weighted by Gasteiger charge is -2.00. The number of hydrogen-bond acceptors (Lipinski definition) is 6. The third kappa shape index (κ3) is 3.22. The minimum Gasteiger partial charge on any atom is -0.437 e. The maximum Gasteiger partial charge on any atom is 0.271 e. The van der Waals surface area contributed by atoms with Crippen molar-refractivity contribution in [2.24, 2.45) is 5.10 Å². The maximum atomic E-state index is 12.0. The van der Waals surface area contributed by atoms with E-state index >= 15 is 0 Å². The highest BCUT2D eigenvalue weighted by Crippen LogP contribution is 2.19. The molecule has 0 aliphatic carbocycles. The summed E-state index contributed by atoms with van der Waals surface area (Å²) in [6.07, 6.45) is 0. The number of nitrogens with two attached hydrogens (primary N) is 1. The molecule has 0 saturated heterocycles. The number of carbonyl (C=O) groups excluding carboxylic acids is 1. The molecule has 0 unspecified atom stereocenters. The summed E-state index contributed by atoms with van der Waals surface area (Å²) in [7, 11) is 0. The largest absolute Gasteiger partial charge is 0.437 e. The number of benzene rings is 2. The summed E-state index contributed by atoms with van der Waals surface area (Å²) >= 11 is 0. The molecule has 1 amide bonds. The molecule has 1 aromatic heterocycles. The first-order valence-electron chi connectivity index (χ1n) is 6.91. The fourth-order valence-electron chi connectivity index (χ4n) is 2.05. The number of nitro benzene ring substituents is 1. The van der Waals surface area contributed by atoms with Gasteiger partial charge in [0.1, 0.15) is 5.58 Å². The number of nitro groups is 1. The van der Waals surface area contributed by atoms with Crippen molar-refractivity contribution in [3.05, 3.63) is 75.8 Å². The molecule has 0 aliphatic heterocycles. The summed E-state index contributed by atoms with van der Waals surface area (Å²) in [6, 6.07) is 13.7. The van der Waals surface area contributed by atoms with Crippen LogP contribution in [0.3, 0.4) is 0 Å². The summed E-state index contributed by atoms with van der Waals surface area (Å²) < 4.78 is 5.48. The monoisotopic (exact) mass is 324 g/mol. The van der Waals surface area contributed by atoms with Crippen LogP contribution in [-0.2, 0) is 0 Å². The molecule has 3 N–H and O–H groups in total. The van der Waals surface area contributed by atoms with Gasteiger partial charge in [0.15, 0.2) is 0 Å². The average Bonchev–Trinajstić information content (AvgIpc) is 2.59. The van der Waals surface area contributed by atoms with Gasteiger partial charge >= 0.3 is 0 Å². The molecular weight excluding hydrogens is 312 g/mol. The van der Waals surface area contributed by atoms with Crippen molar-refractivity contribution in [2.45, 2.75) is 0 Å². The van der Waals surface area contributed by atoms with Crippen molar-refractivity contribution < 1.29 is 14.1 Å². The highest BCUT2D eigenvalue weighted by molar-refractivity contribution is 5.94. The van der Waals surface area contributed by atoms with Gasteiger partial charge < -0.3 is 10.2 Å². The third-order valence-electron chi connectivity index (χ3n) is 3.26. The second kappa shape index (κ2) is 6.21. The fraction of sp³-hybridized carbons (Fsp3) is 0. The first-order valence-corrected chi connectivity index (χ1v) is 6.91. The molecule has 0 spiro atoms. The molecule has 24 heavy (non-hydrogen) atoms. The van der Waals surface area contributed by atoms with E-state index < -0.39 is 10.8 Å².